The van der Waals surface area contributed by atoms with Crippen LogP contribution in [-0.2, 0) is 9.53 Å². The maximum atomic E-state index is 11.1. The summed E-state index contributed by atoms with van der Waals surface area (Å²) >= 11 is 0. The molecule has 1 fully saturated rings. The summed E-state index contributed by atoms with van der Waals surface area (Å²) in [5.74, 6) is 5.72. The first-order chi connectivity index (χ1) is 14.0. The van der Waals surface area contributed by atoms with E-state index < -0.39 is 18.3 Å². The Labute approximate surface area is 174 Å². The van der Waals surface area contributed by atoms with Gasteiger partial charge >= 0.3 is 5.97 Å². The molecule has 0 saturated heterocycles. The second-order valence-corrected chi connectivity index (χ2v) is 7.96. The summed E-state index contributed by atoms with van der Waals surface area (Å²) in [7, 11) is 1.40. The molecule has 1 aromatic rings. The predicted molar refractivity (Wildman–Crippen MR) is 112 cm³/mol. The molecule has 3 N–H and O–H groups in total. The molecular formula is C24H34O5. The van der Waals surface area contributed by atoms with E-state index in [0.29, 0.717) is 25.7 Å². The number of aliphatic hydroxyl groups is 3. The highest BCUT2D eigenvalue weighted by molar-refractivity contribution is 5.68. The van der Waals surface area contributed by atoms with Crippen molar-refractivity contribution in [3.63, 3.8) is 0 Å². The van der Waals surface area contributed by atoms with Crippen LogP contribution in [0.15, 0.2) is 30.3 Å². The highest BCUT2D eigenvalue weighted by Gasteiger charge is 2.40. The largest absolute Gasteiger partial charge is 0.469 e. The van der Waals surface area contributed by atoms with Crippen LogP contribution in [0.1, 0.15) is 63.4 Å². The van der Waals surface area contributed by atoms with Gasteiger partial charge in [0, 0.05) is 12.0 Å². The monoisotopic (exact) mass is 402 g/mol. The fraction of sp³-hybridized carbons (Fsp3) is 0.625. The lowest BCUT2D eigenvalue weighted by Gasteiger charge is -2.24. The Morgan fingerprint density at radius 3 is 2.41 bits per heavy atom. The van der Waals surface area contributed by atoms with E-state index in [1.165, 1.54) is 7.11 Å². The van der Waals surface area contributed by atoms with Gasteiger partial charge in [0.15, 0.2) is 0 Å². The zero-order valence-corrected chi connectivity index (χ0v) is 17.3. The Morgan fingerprint density at radius 2 is 1.72 bits per heavy atom. The SMILES string of the molecule is COC(=O)CCCCCC[C@@H]1C(CC[C@@H](O)C#Cc2ccccc2)[C@H](O)C[C@@H]1O. The lowest BCUT2D eigenvalue weighted by atomic mass is 9.85. The second kappa shape index (κ2) is 12.6. The van der Waals surface area contributed by atoms with Crippen LogP contribution in [0.25, 0.3) is 0 Å². The Hall–Kier alpha value is -1.87. The van der Waals surface area contributed by atoms with E-state index in [1.54, 1.807) is 0 Å². The molecule has 0 bridgehead atoms. The Bertz CT molecular complexity index is 663. The molecule has 1 aliphatic rings. The molecule has 1 aromatic carbocycles. The van der Waals surface area contributed by atoms with E-state index >= 15 is 0 Å². The van der Waals surface area contributed by atoms with Crippen LogP contribution in [0.2, 0.25) is 0 Å². The Balaban J connectivity index is 1.74. The fourth-order valence-corrected chi connectivity index (χ4v) is 4.20. The number of unbranched alkanes of at least 4 members (excludes halogenated alkanes) is 3. The van der Waals surface area contributed by atoms with Gasteiger partial charge in [-0.2, -0.15) is 0 Å². The van der Waals surface area contributed by atoms with Crippen LogP contribution in [0.5, 0.6) is 0 Å². The van der Waals surface area contributed by atoms with Crippen molar-refractivity contribution in [3.05, 3.63) is 35.9 Å². The average molecular weight is 403 g/mol. The van der Waals surface area contributed by atoms with Crippen LogP contribution >= 0.6 is 0 Å². The molecule has 1 unspecified atom stereocenters. The molecule has 0 radical (unpaired) electrons. The minimum atomic E-state index is -0.737. The molecule has 160 valence electrons. The number of esters is 1. The van der Waals surface area contributed by atoms with Crippen molar-refractivity contribution < 1.29 is 24.9 Å². The molecule has 0 aromatic heterocycles. The van der Waals surface area contributed by atoms with Gasteiger partial charge in [-0.1, -0.05) is 49.3 Å². The maximum absolute atomic E-state index is 11.1. The molecule has 0 aliphatic heterocycles. The highest BCUT2D eigenvalue weighted by Crippen LogP contribution is 2.39. The molecule has 2 rings (SSSR count). The average Bonchev–Trinajstić information content (AvgIpc) is 3.00. The zero-order chi connectivity index (χ0) is 21.1. The fourth-order valence-electron chi connectivity index (χ4n) is 4.20. The molecule has 5 atom stereocenters. The number of methoxy groups -OCH3 is 1. The Kier molecular flexibility index (Phi) is 10.2. The number of carbonyl (C=O) groups excluding carboxylic acids is 1. The molecule has 5 heteroatoms. The van der Waals surface area contributed by atoms with Gasteiger partial charge in [0.2, 0.25) is 0 Å². The third-order valence-electron chi connectivity index (χ3n) is 5.85. The van der Waals surface area contributed by atoms with Crippen LogP contribution in [0.4, 0.5) is 0 Å². The number of hydrogen-bond acceptors (Lipinski definition) is 5. The number of ether oxygens (including phenoxy) is 1. The number of aliphatic hydroxyl groups excluding tert-OH is 3. The van der Waals surface area contributed by atoms with Crippen molar-refractivity contribution in [1.82, 2.24) is 0 Å². The first kappa shape index (κ1) is 23.4. The maximum Gasteiger partial charge on any atom is 0.305 e. The number of rotatable bonds is 10. The van der Waals surface area contributed by atoms with Crippen molar-refractivity contribution in [2.45, 2.75) is 76.1 Å². The van der Waals surface area contributed by atoms with Crippen molar-refractivity contribution in [2.75, 3.05) is 7.11 Å². The smallest absolute Gasteiger partial charge is 0.305 e. The highest BCUT2D eigenvalue weighted by atomic mass is 16.5. The number of benzene rings is 1. The normalized spacial score (nSPS) is 24.6. The molecule has 29 heavy (non-hydrogen) atoms. The summed E-state index contributed by atoms with van der Waals surface area (Å²) < 4.78 is 4.64. The van der Waals surface area contributed by atoms with Crippen LogP contribution in [0, 0.1) is 23.7 Å². The summed E-state index contributed by atoms with van der Waals surface area (Å²) in [6.45, 7) is 0. The topological polar surface area (TPSA) is 87.0 Å². The minimum absolute atomic E-state index is 0.00626. The summed E-state index contributed by atoms with van der Waals surface area (Å²) in [6.07, 6.45) is 4.83. The third kappa shape index (κ3) is 8.18. The predicted octanol–water partition coefficient (Wildman–Crippen LogP) is 3.05. The van der Waals surface area contributed by atoms with Gasteiger partial charge in [0.25, 0.3) is 0 Å². The minimum Gasteiger partial charge on any atom is -0.469 e. The van der Waals surface area contributed by atoms with E-state index in [1.807, 2.05) is 30.3 Å². The molecule has 5 nitrogen and oxygen atoms in total. The van der Waals surface area contributed by atoms with Crippen molar-refractivity contribution >= 4 is 5.97 Å². The van der Waals surface area contributed by atoms with Crippen molar-refractivity contribution in [1.29, 1.82) is 0 Å². The lowest BCUT2D eigenvalue weighted by molar-refractivity contribution is -0.140. The standard InChI is InChI=1S/C24H34O5/c1-29-24(28)12-8-3-2-7-11-20-21(23(27)17-22(20)26)16-15-19(25)14-13-18-9-5-4-6-10-18/h4-6,9-10,19-23,25-27H,2-3,7-8,11-12,15-17H2,1H3/t19-,20+,21?,22-,23+/m0/s1. The summed E-state index contributed by atoms with van der Waals surface area (Å²) in [5, 5.41) is 30.9. The molecular weight excluding hydrogens is 368 g/mol. The van der Waals surface area contributed by atoms with E-state index in [-0.39, 0.29) is 17.8 Å². The Morgan fingerprint density at radius 1 is 1.07 bits per heavy atom. The molecule has 0 spiro atoms. The summed E-state index contributed by atoms with van der Waals surface area (Å²) in [6, 6.07) is 9.54. The van der Waals surface area contributed by atoms with Crippen LogP contribution in [0.3, 0.4) is 0 Å². The second-order valence-electron chi connectivity index (χ2n) is 7.96. The van der Waals surface area contributed by atoms with Gasteiger partial charge in [0.1, 0.15) is 6.10 Å². The summed E-state index contributed by atoms with van der Waals surface area (Å²) in [5.41, 5.74) is 0.868. The first-order valence-electron chi connectivity index (χ1n) is 10.7. The van der Waals surface area contributed by atoms with Crippen molar-refractivity contribution in [2.24, 2.45) is 11.8 Å². The van der Waals surface area contributed by atoms with E-state index in [2.05, 4.69) is 16.6 Å². The van der Waals surface area contributed by atoms with Gasteiger partial charge in [-0.3, -0.25) is 4.79 Å². The van der Waals surface area contributed by atoms with Gasteiger partial charge in [-0.15, -0.1) is 0 Å². The van der Waals surface area contributed by atoms with Crippen LogP contribution < -0.4 is 0 Å². The van der Waals surface area contributed by atoms with E-state index in [0.717, 1.165) is 37.7 Å². The van der Waals surface area contributed by atoms with E-state index in [9.17, 15) is 20.1 Å². The third-order valence-corrected chi connectivity index (χ3v) is 5.85. The van der Waals surface area contributed by atoms with E-state index in [4.69, 9.17) is 0 Å². The number of hydrogen-bond donors (Lipinski definition) is 3. The zero-order valence-electron chi connectivity index (χ0n) is 17.3. The molecule has 0 heterocycles. The quantitative estimate of drug-likeness (QED) is 0.318. The number of carbonyl (C=O) groups is 1. The molecule has 0 amide bonds. The first-order valence-corrected chi connectivity index (χ1v) is 10.7. The molecule has 1 saturated carbocycles. The van der Waals surface area contributed by atoms with Gasteiger partial charge < -0.3 is 20.1 Å². The lowest BCUT2D eigenvalue weighted by Crippen LogP contribution is -2.23. The van der Waals surface area contributed by atoms with Gasteiger partial charge in [-0.05, 0) is 56.1 Å². The molecule has 1 aliphatic carbocycles. The van der Waals surface area contributed by atoms with Crippen molar-refractivity contribution in [3.8, 4) is 11.8 Å². The van der Waals surface area contributed by atoms with Gasteiger partial charge in [0.05, 0.1) is 19.3 Å². The van der Waals surface area contributed by atoms with Crippen LogP contribution in [-0.4, -0.2) is 46.7 Å². The van der Waals surface area contributed by atoms with Gasteiger partial charge in [-0.25, -0.2) is 0 Å². The summed E-state index contributed by atoms with van der Waals surface area (Å²) in [4.78, 5) is 11.1.